The predicted molar refractivity (Wildman–Crippen MR) is 138 cm³/mol. The van der Waals surface area contributed by atoms with E-state index in [1.54, 1.807) is 0 Å². The van der Waals surface area contributed by atoms with Gasteiger partial charge in [0.05, 0.1) is 0 Å². The maximum Gasteiger partial charge on any atom is 0.225 e. The van der Waals surface area contributed by atoms with Crippen molar-refractivity contribution in [1.29, 1.82) is 0 Å². The van der Waals surface area contributed by atoms with Crippen LogP contribution in [0.5, 0.6) is 0 Å². The highest BCUT2D eigenvalue weighted by Crippen LogP contribution is 2.21. The van der Waals surface area contributed by atoms with Gasteiger partial charge in [0.2, 0.25) is 5.95 Å². The Hall–Kier alpha value is -1.16. The zero-order chi connectivity index (χ0) is 21.1. The molecule has 1 saturated heterocycles. The van der Waals surface area contributed by atoms with Crippen LogP contribution in [0.15, 0.2) is 23.5 Å². The minimum atomic E-state index is 0. The Morgan fingerprint density at radius 3 is 2.43 bits per heavy atom. The van der Waals surface area contributed by atoms with Crippen LogP contribution in [0.4, 0.5) is 5.95 Å². The van der Waals surface area contributed by atoms with E-state index in [0.717, 1.165) is 70.6 Å². The van der Waals surface area contributed by atoms with Crippen molar-refractivity contribution in [3.63, 3.8) is 0 Å². The molecule has 172 valence electrons. The zero-order valence-corrected chi connectivity index (χ0v) is 21.9. The summed E-state index contributed by atoms with van der Waals surface area (Å²) in [5, 5.41) is 6.94. The normalized spacial score (nSPS) is 16.7. The second-order valence-corrected chi connectivity index (χ2v) is 9.14. The summed E-state index contributed by atoms with van der Waals surface area (Å²) in [5.41, 5.74) is 0.377. The van der Waals surface area contributed by atoms with Gasteiger partial charge in [-0.2, -0.15) is 0 Å². The van der Waals surface area contributed by atoms with E-state index >= 15 is 0 Å². The zero-order valence-electron chi connectivity index (χ0n) is 19.5. The Morgan fingerprint density at radius 1 is 1.17 bits per heavy atom. The number of aliphatic imine (C=N–C) groups is 1. The van der Waals surface area contributed by atoms with Crippen molar-refractivity contribution < 1.29 is 0 Å². The fourth-order valence-electron chi connectivity index (χ4n) is 3.39. The van der Waals surface area contributed by atoms with Gasteiger partial charge in [0, 0.05) is 64.2 Å². The number of piperazine rings is 1. The average molecular weight is 532 g/mol. The number of aromatic nitrogens is 2. The highest BCUT2D eigenvalue weighted by atomic mass is 127. The van der Waals surface area contributed by atoms with Crippen LogP contribution in [-0.2, 0) is 0 Å². The molecule has 7 nitrogen and oxygen atoms in total. The van der Waals surface area contributed by atoms with Crippen LogP contribution in [0.1, 0.15) is 53.9 Å². The number of nitrogens with one attached hydrogen (secondary N) is 2. The predicted octanol–water partition coefficient (Wildman–Crippen LogP) is 3.38. The number of anilines is 1. The van der Waals surface area contributed by atoms with E-state index in [0.29, 0.717) is 11.5 Å². The van der Waals surface area contributed by atoms with Gasteiger partial charge < -0.3 is 15.5 Å². The molecule has 30 heavy (non-hydrogen) atoms. The third-order valence-electron chi connectivity index (χ3n) is 5.16. The minimum Gasteiger partial charge on any atom is -0.357 e. The van der Waals surface area contributed by atoms with Crippen molar-refractivity contribution in [2.45, 2.75) is 59.9 Å². The molecule has 1 atom stereocenters. The molecule has 0 aromatic carbocycles. The minimum absolute atomic E-state index is 0. The van der Waals surface area contributed by atoms with Crippen LogP contribution < -0.4 is 15.5 Å². The largest absolute Gasteiger partial charge is 0.357 e. The van der Waals surface area contributed by atoms with Gasteiger partial charge in [0.1, 0.15) is 0 Å². The lowest BCUT2D eigenvalue weighted by atomic mass is 9.89. The number of halogens is 1. The summed E-state index contributed by atoms with van der Waals surface area (Å²) in [5.74, 6) is 1.79. The first-order valence-electron chi connectivity index (χ1n) is 11.2. The maximum atomic E-state index is 4.78. The summed E-state index contributed by atoms with van der Waals surface area (Å²) in [4.78, 5) is 18.3. The molecule has 2 heterocycles. The summed E-state index contributed by atoms with van der Waals surface area (Å²) in [7, 11) is 0. The third kappa shape index (κ3) is 10.7. The van der Waals surface area contributed by atoms with Gasteiger partial charge in [-0.25, -0.2) is 9.97 Å². The molecule has 0 radical (unpaired) electrons. The van der Waals surface area contributed by atoms with E-state index in [-0.39, 0.29) is 24.0 Å². The Bertz CT molecular complexity index is 595. The SMILES string of the molecule is CCNC(=NCCCN1CCN(c2ncccn2)CC1)NC(C)CCC(C)(C)C.I. The molecule has 0 saturated carbocycles. The average Bonchev–Trinajstić information content (AvgIpc) is 2.70. The molecule has 1 aliphatic rings. The standard InChI is InChI=1S/C22H41N7.HI/c1-6-23-20(27-19(2)9-10-22(3,4)5)24-13-8-14-28-15-17-29(18-16-28)21-25-11-7-12-26-21;/h7,11-12,19H,6,8-10,13-18H2,1-5H3,(H2,23,24,27);1H. The van der Waals surface area contributed by atoms with Crippen molar-refractivity contribution in [2.75, 3.05) is 50.7 Å². The Morgan fingerprint density at radius 2 is 1.83 bits per heavy atom. The number of hydrogen-bond donors (Lipinski definition) is 2. The molecule has 1 aliphatic heterocycles. The lowest BCUT2D eigenvalue weighted by molar-refractivity contribution is 0.255. The summed E-state index contributed by atoms with van der Waals surface area (Å²) < 4.78 is 0. The molecule has 0 amide bonds. The molecule has 8 heteroatoms. The lowest BCUT2D eigenvalue weighted by Gasteiger charge is -2.34. The number of nitrogens with zero attached hydrogens (tertiary/aromatic N) is 5. The van der Waals surface area contributed by atoms with E-state index in [2.05, 4.69) is 65.0 Å². The van der Waals surface area contributed by atoms with E-state index in [1.807, 2.05) is 18.5 Å². The number of guanidine groups is 1. The van der Waals surface area contributed by atoms with Gasteiger partial charge >= 0.3 is 0 Å². The molecular weight excluding hydrogens is 489 g/mol. The van der Waals surface area contributed by atoms with Crippen molar-refractivity contribution in [3.8, 4) is 0 Å². The maximum absolute atomic E-state index is 4.78. The van der Waals surface area contributed by atoms with Crippen molar-refractivity contribution in [3.05, 3.63) is 18.5 Å². The van der Waals surface area contributed by atoms with E-state index in [9.17, 15) is 0 Å². The number of hydrogen-bond acceptors (Lipinski definition) is 5. The quantitative estimate of drug-likeness (QED) is 0.221. The summed E-state index contributed by atoms with van der Waals surface area (Å²) >= 11 is 0. The number of rotatable bonds is 9. The Balaban J connectivity index is 0.00000450. The van der Waals surface area contributed by atoms with Gasteiger partial charge in [0.25, 0.3) is 0 Å². The van der Waals surface area contributed by atoms with Crippen molar-refractivity contribution in [2.24, 2.45) is 10.4 Å². The van der Waals surface area contributed by atoms with E-state index < -0.39 is 0 Å². The first kappa shape index (κ1) is 26.9. The van der Waals surface area contributed by atoms with Crippen LogP contribution in [0, 0.1) is 5.41 Å². The fourth-order valence-corrected chi connectivity index (χ4v) is 3.39. The molecule has 0 aliphatic carbocycles. The van der Waals surface area contributed by atoms with Crippen molar-refractivity contribution in [1.82, 2.24) is 25.5 Å². The van der Waals surface area contributed by atoms with Gasteiger partial charge in [-0.1, -0.05) is 20.8 Å². The third-order valence-corrected chi connectivity index (χ3v) is 5.16. The molecule has 2 rings (SSSR count). The van der Waals surface area contributed by atoms with Crippen LogP contribution in [0.25, 0.3) is 0 Å². The van der Waals surface area contributed by atoms with E-state index in [4.69, 9.17) is 4.99 Å². The van der Waals surface area contributed by atoms with Gasteiger partial charge in [-0.05, 0) is 44.6 Å². The smallest absolute Gasteiger partial charge is 0.225 e. The highest BCUT2D eigenvalue weighted by molar-refractivity contribution is 14.0. The molecule has 1 aromatic heterocycles. The van der Waals surface area contributed by atoms with Crippen LogP contribution in [0.2, 0.25) is 0 Å². The summed E-state index contributed by atoms with van der Waals surface area (Å²) in [6.07, 6.45) is 7.07. The molecule has 1 unspecified atom stereocenters. The molecule has 0 bridgehead atoms. The molecule has 2 N–H and O–H groups in total. The highest BCUT2D eigenvalue weighted by Gasteiger charge is 2.18. The molecule has 1 fully saturated rings. The second kappa shape index (κ2) is 14.0. The van der Waals surface area contributed by atoms with Crippen LogP contribution in [-0.4, -0.2) is 72.7 Å². The van der Waals surface area contributed by atoms with E-state index in [1.165, 1.54) is 6.42 Å². The van der Waals surface area contributed by atoms with Gasteiger partial charge in [0.15, 0.2) is 5.96 Å². The molecule has 1 aromatic rings. The van der Waals surface area contributed by atoms with Crippen LogP contribution in [0.3, 0.4) is 0 Å². The second-order valence-electron chi connectivity index (χ2n) is 9.14. The molecule has 0 spiro atoms. The lowest BCUT2D eigenvalue weighted by Crippen LogP contribution is -2.47. The summed E-state index contributed by atoms with van der Waals surface area (Å²) in [6.45, 7) is 18.2. The molecular formula is C22H42IN7. The first-order chi connectivity index (χ1) is 13.9. The Kier molecular flexibility index (Phi) is 12.5. The first-order valence-corrected chi connectivity index (χ1v) is 11.2. The van der Waals surface area contributed by atoms with Gasteiger partial charge in [-0.3, -0.25) is 9.89 Å². The fraction of sp³-hybridized carbons (Fsp3) is 0.773. The monoisotopic (exact) mass is 531 g/mol. The topological polar surface area (TPSA) is 68.7 Å². The van der Waals surface area contributed by atoms with Crippen molar-refractivity contribution >= 4 is 35.9 Å². The Labute approximate surface area is 200 Å². The van der Waals surface area contributed by atoms with Gasteiger partial charge in [-0.15, -0.1) is 24.0 Å². The van der Waals surface area contributed by atoms with Crippen LogP contribution >= 0.6 is 24.0 Å². The summed E-state index contributed by atoms with van der Waals surface area (Å²) in [6, 6.07) is 2.29.